The number of carbonyl (C=O) groups is 1. The lowest BCUT2D eigenvalue weighted by Crippen LogP contribution is -2.12. The minimum absolute atomic E-state index is 0.0146. The van der Waals surface area contributed by atoms with E-state index in [2.05, 4.69) is 4.98 Å². The Balaban J connectivity index is 2.30. The van der Waals surface area contributed by atoms with Gasteiger partial charge in [-0.3, -0.25) is 9.78 Å². The summed E-state index contributed by atoms with van der Waals surface area (Å²) in [5.74, 6) is -0.0146. The van der Waals surface area contributed by atoms with Crippen LogP contribution in [0.15, 0.2) is 48.7 Å². The van der Waals surface area contributed by atoms with E-state index in [9.17, 15) is 4.79 Å². The van der Waals surface area contributed by atoms with Crippen LogP contribution in [0.1, 0.15) is 15.9 Å². The number of fused-ring (bicyclic) bond motifs is 2. The van der Waals surface area contributed by atoms with Gasteiger partial charge < -0.3 is 5.73 Å². The summed E-state index contributed by atoms with van der Waals surface area (Å²) in [4.78, 5) is 16.9. The average Bonchev–Trinajstić information content (AvgIpc) is 2.45. The van der Waals surface area contributed by atoms with E-state index < -0.39 is 0 Å². The zero-order chi connectivity index (χ0) is 13.0. The zero-order valence-corrected chi connectivity index (χ0v) is 10.1. The van der Waals surface area contributed by atoms with Crippen molar-refractivity contribution in [2.75, 3.05) is 5.73 Å². The summed E-state index contributed by atoms with van der Waals surface area (Å²) in [6, 6.07) is 13.2. The number of anilines is 1. The number of rotatable bonds is 0. The van der Waals surface area contributed by atoms with E-state index in [0.717, 1.165) is 22.0 Å². The van der Waals surface area contributed by atoms with Crippen molar-refractivity contribution in [3.05, 3.63) is 59.8 Å². The molecule has 3 aromatic rings. The standard InChI is InChI=1S/C16H10N2O/c17-12-5-6-13-14-10(7-8-18-13)9-3-1-2-4-11(9)16(19)15(12)14/h1-8H,17H2. The molecule has 0 saturated heterocycles. The molecule has 0 radical (unpaired) electrons. The molecule has 90 valence electrons. The van der Waals surface area contributed by atoms with Crippen molar-refractivity contribution in [2.45, 2.75) is 0 Å². The maximum atomic E-state index is 12.6. The number of nitrogen functional groups attached to an aromatic ring is 1. The highest BCUT2D eigenvalue weighted by atomic mass is 16.1. The number of hydrogen-bond donors (Lipinski definition) is 1. The van der Waals surface area contributed by atoms with E-state index in [4.69, 9.17) is 5.73 Å². The molecule has 1 aliphatic rings. The maximum absolute atomic E-state index is 12.6. The number of nitrogens with two attached hydrogens (primary N) is 1. The van der Waals surface area contributed by atoms with Gasteiger partial charge in [-0.05, 0) is 29.3 Å². The van der Waals surface area contributed by atoms with Gasteiger partial charge in [-0.1, -0.05) is 24.3 Å². The third-order valence-corrected chi connectivity index (χ3v) is 3.63. The SMILES string of the molecule is Nc1ccc2nccc3c2c1C(=O)c1ccccc1-3. The molecule has 0 unspecified atom stereocenters. The Morgan fingerprint density at radius 2 is 1.68 bits per heavy atom. The van der Waals surface area contributed by atoms with Crippen molar-refractivity contribution < 1.29 is 4.79 Å². The van der Waals surface area contributed by atoms with Gasteiger partial charge in [0.1, 0.15) is 0 Å². The van der Waals surface area contributed by atoms with Gasteiger partial charge in [0.2, 0.25) is 0 Å². The molecule has 19 heavy (non-hydrogen) atoms. The summed E-state index contributed by atoms with van der Waals surface area (Å²) in [7, 11) is 0. The van der Waals surface area contributed by atoms with Gasteiger partial charge in [-0.25, -0.2) is 0 Å². The third-order valence-electron chi connectivity index (χ3n) is 3.63. The van der Waals surface area contributed by atoms with Crippen molar-refractivity contribution in [2.24, 2.45) is 0 Å². The maximum Gasteiger partial charge on any atom is 0.196 e. The quantitative estimate of drug-likeness (QED) is 0.485. The Labute approximate surface area is 109 Å². The first-order valence-corrected chi connectivity index (χ1v) is 6.08. The number of ketones is 1. The largest absolute Gasteiger partial charge is 0.398 e. The van der Waals surface area contributed by atoms with Crippen LogP contribution in [-0.2, 0) is 0 Å². The topological polar surface area (TPSA) is 56.0 Å². The molecule has 0 fully saturated rings. The van der Waals surface area contributed by atoms with Crippen LogP contribution in [0, 0.1) is 0 Å². The van der Waals surface area contributed by atoms with E-state index >= 15 is 0 Å². The van der Waals surface area contributed by atoms with Crippen molar-refractivity contribution in [1.82, 2.24) is 4.98 Å². The molecule has 3 nitrogen and oxygen atoms in total. The van der Waals surface area contributed by atoms with Gasteiger partial charge >= 0.3 is 0 Å². The fourth-order valence-corrected chi connectivity index (χ4v) is 2.78. The lowest BCUT2D eigenvalue weighted by Gasteiger charge is -2.20. The molecule has 3 heteroatoms. The van der Waals surface area contributed by atoms with Gasteiger partial charge in [0.25, 0.3) is 0 Å². The molecule has 1 heterocycles. The summed E-state index contributed by atoms with van der Waals surface area (Å²) in [6.45, 7) is 0. The molecule has 0 saturated carbocycles. The number of pyridine rings is 1. The summed E-state index contributed by atoms with van der Waals surface area (Å²) < 4.78 is 0. The van der Waals surface area contributed by atoms with Crippen LogP contribution >= 0.6 is 0 Å². The van der Waals surface area contributed by atoms with Crippen LogP contribution in [-0.4, -0.2) is 10.8 Å². The number of aromatic nitrogens is 1. The highest BCUT2D eigenvalue weighted by molar-refractivity contribution is 6.27. The van der Waals surface area contributed by atoms with Gasteiger partial charge in [-0.15, -0.1) is 0 Å². The fraction of sp³-hybridized carbons (Fsp3) is 0. The molecule has 2 aromatic carbocycles. The first-order valence-electron chi connectivity index (χ1n) is 6.08. The van der Waals surface area contributed by atoms with Crippen molar-refractivity contribution in [3.8, 4) is 11.1 Å². The normalized spacial score (nSPS) is 12.5. The Hall–Kier alpha value is -2.68. The highest BCUT2D eigenvalue weighted by Gasteiger charge is 2.26. The molecule has 4 rings (SSSR count). The molecule has 0 bridgehead atoms. The zero-order valence-electron chi connectivity index (χ0n) is 10.1. The second-order valence-electron chi connectivity index (χ2n) is 4.66. The van der Waals surface area contributed by atoms with Crippen LogP contribution in [0.5, 0.6) is 0 Å². The fourth-order valence-electron chi connectivity index (χ4n) is 2.78. The van der Waals surface area contributed by atoms with Crippen LogP contribution in [0.2, 0.25) is 0 Å². The summed E-state index contributed by atoms with van der Waals surface area (Å²) in [6.07, 6.45) is 1.77. The number of nitrogens with zero attached hydrogens (tertiary/aromatic N) is 1. The highest BCUT2D eigenvalue weighted by Crippen LogP contribution is 2.40. The molecular formula is C16H10N2O. The predicted molar refractivity (Wildman–Crippen MR) is 75.0 cm³/mol. The Bertz CT molecular complexity index is 852. The van der Waals surface area contributed by atoms with E-state index in [1.165, 1.54) is 0 Å². The smallest absolute Gasteiger partial charge is 0.196 e. The molecule has 0 atom stereocenters. The Kier molecular flexibility index (Phi) is 1.85. The lowest BCUT2D eigenvalue weighted by atomic mass is 9.83. The van der Waals surface area contributed by atoms with Crippen LogP contribution in [0.25, 0.3) is 22.0 Å². The molecule has 0 spiro atoms. The number of carbonyl (C=O) groups excluding carboxylic acids is 1. The molecular weight excluding hydrogens is 236 g/mol. The molecule has 0 aliphatic heterocycles. The Morgan fingerprint density at radius 3 is 2.53 bits per heavy atom. The molecule has 1 aliphatic carbocycles. The Morgan fingerprint density at radius 1 is 0.895 bits per heavy atom. The molecule has 0 amide bonds. The van der Waals surface area contributed by atoms with E-state index in [1.807, 2.05) is 36.4 Å². The summed E-state index contributed by atoms with van der Waals surface area (Å²) in [5, 5.41) is 0.867. The predicted octanol–water partition coefficient (Wildman–Crippen LogP) is 3.03. The van der Waals surface area contributed by atoms with Crippen molar-refractivity contribution in [3.63, 3.8) is 0 Å². The lowest BCUT2D eigenvalue weighted by molar-refractivity contribution is 0.104. The number of benzene rings is 2. The van der Waals surface area contributed by atoms with Gasteiger partial charge in [0.15, 0.2) is 5.78 Å². The van der Waals surface area contributed by atoms with Crippen molar-refractivity contribution >= 4 is 22.4 Å². The summed E-state index contributed by atoms with van der Waals surface area (Å²) in [5.41, 5.74) is 10.6. The average molecular weight is 246 g/mol. The van der Waals surface area contributed by atoms with Crippen molar-refractivity contribution in [1.29, 1.82) is 0 Å². The third kappa shape index (κ3) is 1.21. The van der Waals surface area contributed by atoms with E-state index in [0.29, 0.717) is 16.8 Å². The van der Waals surface area contributed by atoms with Gasteiger partial charge in [-0.2, -0.15) is 0 Å². The first kappa shape index (κ1) is 10.3. The molecule has 2 N–H and O–H groups in total. The van der Waals surface area contributed by atoms with Crippen LogP contribution in [0.4, 0.5) is 5.69 Å². The first-order chi connectivity index (χ1) is 9.27. The second kappa shape index (κ2) is 3.42. The number of hydrogen-bond acceptors (Lipinski definition) is 3. The molecule has 1 aromatic heterocycles. The monoisotopic (exact) mass is 246 g/mol. The van der Waals surface area contributed by atoms with Crippen LogP contribution < -0.4 is 5.73 Å². The second-order valence-corrected chi connectivity index (χ2v) is 4.66. The van der Waals surface area contributed by atoms with E-state index in [1.54, 1.807) is 12.3 Å². The van der Waals surface area contributed by atoms with Gasteiger partial charge in [0, 0.05) is 22.8 Å². The minimum Gasteiger partial charge on any atom is -0.398 e. The van der Waals surface area contributed by atoms with Gasteiger partial charge in [0.05, 0.1) is 11.1 Å². The van der Waals surface area contributed by atoms with Crippen LogP contribution in [0.3, 0.4) is 0 Å². The summed E-state index contributed by atoms with van der Waals surface area (Å²) >= 11 is 0. The van der Waals surface area contributed by atoms with E-state index in [-0.39, 0.29) is 5.78 Å². The minimum atomic E-state index is -0.0146.